The molecule has 1 aliphatic rings. The molecule has 17 heavy (non-hydrogen) atoms. The molecule has 0 bridgehead atoms. The van der Waals surface area contributed by atoms with Gasteiger partial charge in [0.2, 0.25) is 0 Å². The number of nitrogens with one attached hydrogen (secondary N) is 1. The standard InChI is InChI=1S/C14H15NO2/c16-12(7-10-5-6-15-9-10)14-8-11-3-1-2-4-13(11)17-14/h1-4,8,10,15H,5-7,9H2. The van der Waals surface area contributed by atoms with Crippen molar-refractivity contribution < 1.29 is 9.21 Å². The summed E-state index contributed by atoms with van der Waals surface area (Å²) in [6, 6.07) is 9.57. The fraction of sp³-hybridized carbons (Fsp3) is 0.357. The Morgan fingerprint density at radius 2 is 2.29 bits per heavy atom. The van der Waals surface area contributed by atoms with Crippen LogP contribution in [0.15, 0.2) is 34.7 Å². The summed E-state index contributed by atoms with van der Waals surface area (Å²) < 4.78 is 5.57. The Kier molecular flexibility index (Phi) is 2.69. The number of benzene rings is 1. The minimum absolute atomic E-state index is 0.120. The van der Waals surface area contributed by atoms with E-state index in [4.69, 9.17) is 4.42 Å². The largest absolute Gasteiger partial charge is 0.453 e. The Morgan fingerprint density at radius 1 is 1.41 bits per heavy atom. The quantitative estimate of drug-likeness (QED) is 0.823. The number of ketones is 1. The van der Waals surface area contributed by atoms with Crippen LogP contribution in [0.2, 0.25) is 0 Å². The van der Waals surface area contributed by atoms with Gasteiger partial charge in [0.25, 0.3) is 0 Å². The van der Waals surface area contributed by atoms with Crippen LogP contribution in [0.25, 0.3) is 11.0 Å². The fourth-order valence-electron chi connectivity index (χ4n) is 2.37. The number of carbonyl (C=O) groups excluding carboxylic acids is 1. The van der Waals surface area contributed by atoms with Gasteiger partial charge in [0.15, 0.2) is 11.5 Å². The number of hydrogen-bond donors (Lipinski definition) is 1. The Morgan fingerprint density at radius 3 is 3.06 bits per heavy atom. The van der Waals surface area contributed by atoms with Crippen molar-refractivity contribution in [3.63, 3.8) is 0 Å². The zero-order valence-electron chi connectivity index (χ0n) is 9.61. The molecule has 3 heteroatoms. The summed E-state index contributed by atoms with van der Waals surface area (Å²) in [5, 5.41) is 4.27. The minimum Gasteiger partial charge on any atom is -0.453 e. The van der Waals surface area contributed by atoms with Crippen LogP contribution in [0, 0.1) is 5.92 Å². The van der Waals surface area contributed by atoms with E-state index in [1.54, 1.807) is 0 Å². The van der Waals surface area contributed by atoms with Crippen molar-refractivity contribution in [2.75, 3.05) is 13.1 Å². The summed E-state index contributed by atoms with van der Waals surface area (Å²) in [5.41, 5.74) is 0.792. The zero-order chi connectivity index (χ0) is 11.7. The van der Waals surface area contributed by atoms with E-state index in [9.17, 15) is 4.79 Å². The van der Waals surface area contributed by atoms with Gasteiger partial charge in [-0.3, -0.25) is 4.79 Å². The van der Waals surface area contributed by atoms with E-state index in [1.807, 2.05) is 30.3 Å². The second-order valence-electron chi connectivity index (χ2n) is 4.63. The van der Waals surface area contributed by atoms with Gasteiger partial charge in [0, 0.05) is 11.8 Å². The topological polar surface area (TPSA) is 42.2 Å². The second-order valence-corrected chi connectivity index (χ2v) is 4.63. The highest BCUT2D eigenvalue weighted by Crippen LogP contribution is 2.22. The third-order valence-corrected chi connectivity index (χ3v) is 3.34. The van der Waals surface area contributed by atoms with Crippen LogP contribution in [0.3, 0.4) is 0 Å². The van der Waals surface area contributed by atoms with Gasteiger partial charge in [-0.2, -0.15) is 0 Å². The van der Waals surface area contributed by atoms with Crippen LogP contribution in [-0.4, -0.2) is 18.9 Å². The highest BCUT2D eigenvalue weighted by Gasteiger charge is 2.21. The van der Waals surface area contributed by atoms with Gasteiger partial charge >= 0.3 is 0 Å². The molecule has 0 spiro atoms. The van der Waals surface area contributed by atoms with Crippen LogP contribution in [-0.2, 0) is 0 Å². The molecule has 0 radical (unpaired) electrons. The summed E-state index contributed by atoms with van der Waals surface area (Å²) >= 11 is 0. The maximum Gasteiger partial charge on any atom is 0.198 e. The number of hydrogen-bond acceptors (Lipinski definition) is 3. The first kappa shape index (κ1) is 10.5. The van der Waals surface area contributed by atoms with Crippen molar-refractivity contribution in [3.8, 4) is 0 Å². The molecule has 0 saturated carbocycles. The lowest BCUT2D eigenvalue weighted by molar-refractivity contribution is 0.0939. The van der Waals surface area contributed by atoms with Gasteiger partial charge in [-0.15, -0.1) is 0 Å². The molecule has 3 rings (SSSR count). The highest BCUT2D eigenvalue weighted by atomic mass is 16.3. The maximum atomic E-state index is 12.0. The number of rotatable bonds is 3. The Hall–Kier alpha value is -1.61. The Bertz CT molecular complexity index is 505. The third-order valence-electron chi connectivity index (χ3n) is 3.34. The first-order chi connectivity index (χ1) is 8.33. The molecule has 1 aromatic carbocycles. The average Bonchev–Trinajstić information content (AvgIpc) is 2.96. The van der Waals surface area contributed by atoms with Crippen LogP contribution in [0.5, 0.6) is 0 Å². The first-order valence-electron chi connectivity index (χ1n) is 6.05. The Labute approximate surface area is 99.8 Å². The van der Waals surface area contributed by atoms with E-state index in [1.165, 1.54) is 0 Å². The van der Waals surface area contributed by atoms with Crippen molar-refractivity contribution >= 4 is 16.8 Å². The SMILES string of the molecule is O=C(CC1CCNC1)c1cc2ccccc2o1. The lowest BCUT2D eigenvalue weighted by Crippen LogP contribution is -2.12. The minimum atomic E-state index is 0.120. The van der Waals surface area contributed by atoms with E-state index in [0.29, 0.717) is 18.1 Å². The van der Waals surface area contributed by atoms with Gasteiger partial charge < -0.3 is 9.73 Å². The highest BCUT2D eigenvalue weighted by molar-refractivity contribution is 5.97. The van der Waals surface area contributed by atoms with Crippen molar-refractivity contribution in [2.24, 2.45) is 5.92 Å². The molecule has 2 heterocycles. The van der Waals surface area contributed by atoms with Crippen molar-refractivity contribution in [1.29, 1.82) is 0 Å². The van der Waals surface area contributed by atoms with Gasteiger partial charge in [0.1, 0.15) is 5.58 Å². The Balaban J connectivity index is 1.80. The molecule has 1 aromatic heterocycles. The summed E-state index contributed by atoms with van der Waals surface area (Å²) in [6.45, 7) is 1.98. The van der Waals surface area contributed by atoms with Crippen molar-refractivity contribution in [2.45, 2.75) is 12.8 Å². The molecule has 3 nitrogen and oxygen atoms in total. The fourth-order valence-corrected chi connectivity index (χ4v) is 2.37. The molecule has 1 saturated heterocycles. The van der Waals surface area contributed by atoms with E-state index in [0.717, 1.165) is 30.5 Å². The van der Waals surface area contributed by atoms with Crippen molar-refractivity contribution in [3.05, 3.63) is 36.1 Å². The van der Waals surface area contributed by atoms with Crippen molar-refractivity contribution in [1.82, 2.24) is 5.32 Å². The smallest absolute Gasteiger partial charge is 0.198 e. The molecule has 1 fully saturated rings. The molecule has 1 aliphatic heterocycles. The number of furan rings is 1. The first-order valence-corrected chi connectivity index (χ1v) is 6.05. The van der Waals surface area contributed by atoms with Crippen LogP contribution >= 0.6 is 0 Å². The maximum absolute atomic E-state index is 12.0. The summed E-state index contributed by atoms with van der Waals surface area (Å²) in [6.07, 6.45) is 1.68. The van der Waals surface area contributed by atoms with Crippen LogP contribution < -0.4 is 5.32 Å². The number of para-hydroxylation sites is 1. The van der Waals surface area contributed by atoms with Gasteiger partial charge in [0.05, 0.1) is 0 Å². The summed E-state index contributed by atoms with van der Waals surface area (Å²) in [5.74, 6) is 1.09. The van der Waals surface area contributed by atoms with Gasteiger partial charge in [-0.25, -0.2) is 0 Å². The summed E-state index contributed by atoms with van der Waals surface area (Å²) in [7, 11) is 0. The predicted molar refractivity (Wildman–Crippen MR) is 66.1 cm³/mol. The molecule has 0 aliphatic carbocycles. The second kappa shape index (κ2) is 4.34. The molecule has 1 unspecified atom stereocenters. The molecular formula is C14H15NO2. The number of carbonyl (C=O) groups is 1. The lowest BCUT2D eigenvalue weighted by atomic mass is 10.0. The lowest BCUT2D eigenvalue weighted by Gasteiger charge is -2.04. The van der Waals surface area contributed by atoms with E-state index >= 15 is 0 Å². The van der Waals surface area contributed by atoms with Crippen LogP contribution in [0.4, 0.5) is 0 Å². The predicted octanol–water partition coefficient (Wildman–Crippen LogP) is 2.62. The van der Waals surface area contributed by atoms with Gasteiger partial charge in [-0.05, 0) is 37.6 Å². The van der Waals surface area contributed by atoms with E-state index in [2.05, 4.69) is 5.32 Å². The molecular weight excluding hydrogens is 214 g/mol. The molecule has 2 aromatic rings. The number of fused-ring (bicyclic) bond motifs is 1. The molecule has 1 N–H and O–H groups in total. The average molecular weight is 229 g/mol. The third kappa shape index (κ3) is 2.11. The van der Waals surface area contributed by atoms with E-state index in [-0.39, 0.29) is 5.78 Å². The summed E-state index contributed by atoms with van der Waals surface area (Å²) in [4.78, 5) is 12.0. The van der Waals surface area contributed by atoms with Crippen LogP contribution in [0.1, 0.15) is 23.4 Å². The normalized spacial score (nSPS) is 19.9. The zero-order valence-corrected chi connectivity index (χ0v) is 9.61. The monoisotopic (exact) mass is 229 g/mol. The van der Waals surface area contributed by atoms with E-state index < -0.39 is 0 Å². The number of Topliss-reactive ketones (excluding diaryl/α,β-unsaturated/α-hetero) is 1. The van der Waals surface area contributed by atoms with Gasteiger partial charge in [-0.1, -0.05) is 18.2 Å². The molecule has 1 atom stereocenters. The molecule has 88 valence electrons. The molecule has 0 amide bonds.